The average molecular weight is 462 g/mol. The Hall–Kier alpha value is -1.79. The zero-order chi connectivity index (χ0) is 22.1. The second-order valence-corrected chi connectivity index (χ2v) is 9.57. The van der Waals surface area contributed by atoms with E-state index >= 15 is 0 Å². The lowest BCUT2D eigenvalue weighted by Gasteiger charge is -2.41. The molecule has 0 aromatic heterocycles. The summed E-state index contributed by atoms with van der Waals surface area (Å²) >= 11 is 13.0. The normalized spacial score (nSPS) is 23.6. The molecule has 1 heterocycles. The highest BCUT2D eigenvalue weighted by molar-refractivity contribution is 6.35. The molecule has 166 valence electrons. The van der Waals surface area contributed by atoms with Crippen LogP contribution in [0.25, 0.3) is 0 Å². The predicted molar refractivity (Wildman–Crippen MR) is 126 cm³/mol. The fourth-order valence-corrected chi connectivity index (χ4v) is 5.37. The maximum atomic E-state index is 11.5. The van der Waals surface area contributed by atoms with Crippen molar-refractivity contribution in [1.29, 1.82) is 0 Å². The summed E-state index contributed by atoms with van der Waals surface area (Å²) in [7, 11) is 4.30. The number of halogens is 2. The molecule has 31 heavy (non-hydrogen) atoms. The number of likely N-dealkylation sites (N-methyl/N-ethyl adjacent to an activating group) is 1. The van der Waals surface area contributed by atoms with Crippen molar-refractivity contribution in [3.8, 4) is 5.75 Å². The molecule has 0 bridgehead atoms. The van der Waals surface area contributed by atoms with E-state index in [-0.39, 0.29) is 18.1 Å². The number of likely N-dealkylation sites (tertiary alicyclic amines) is 1. The minimum absolute atomic E-state index is 0.108. The van der Waals surface area contributed by atoms with Gasteiger partial charge >= 0.3 is 0 Å². The van der Waals surface area contributed by atoms with E-state index < -0.39 is 0 Å². The van der Waals surface area contributed by atoms with Gasteiger partial charge in [-0.3, -0.25) is 9.69 Å². The molecular weight excluding hydrogens is 433 g/mol. The van der Waals surface area contributed by atoms with Crippen LogP contribution in [0, 0.1) is 0 Å². The Kier molecular flexibility index (Phi) is 6.77. The highest BCUT2D eigenvalue weighted by atomic mass is 35.5. The number of benzene rings is 2. The summed E-state index contributed by atoms with van der Waals surface area (Å²) in [5.41, 5.74) is 2.89. The van der Waals surface area contributed by atoms with E-state index in [1.54, 1.807) is 0 Å². The molecule has 1 fully saturated rings. The minimum atomic E-state index is -0.181. The third-order valence-electron chi connectivity index (χ3n) is 6.31. The quantitative estimate of drug-likeness (QED) is 0.678. The van der Waals surface area contributed by atoms with Crippen LogP contribution in [-0.2, 0) is 11.2 Å². The van der Waals surface area contributed by atoms with Gasteiger partial charge in [-0.25, -0.2) is 0 Å². The molecule has 0 saturated carbocycles. The largest absolute Gasteiger partial charge is 0.484 e. The number of carbonyl (C=O) groups excluding carboxylic acids is 1. The fraction of sp³-hybridized carbons (Fsp3) is 0.458. The Morgan fingerprint density at radius 2 is 2.03 bits per heavy atom. The summed E-state index contributed by atoms with van der Waals surface area (Å²) in [6.45, 7) is 3.54. The van der Waals surface area contributed by atoms with Gasteiger partial charge in [0.15, 0.2) is 0 Å². The van der Waals surface area contributed by atoms with E-state index in [1.165, 1.54) is 13.3 Å². The summed E-state index contributed by atoms with van der Waals surface area (Å²) < 4.78 is 6.57. The van der Waals surface area contributed by atoms with Crippen LogP contribution in [0.3, 0.4) is 0 Å². The number of anilines is 1. The number of amides is 1. The number of hydrogen-bond donors (Lipinski definition) is 1. The molecule has 0 unspecified atom stereocenters. The van der Waals surface area contributed by atoms with Gasteiger partial charge in [0.25, 0.3) is 0 Å². The Morgan fingerprint density at radius 1 is 1.23 bits per heavy atom. The van der Waals surface area contributed by atoms with Gasteiger partial charge in [0.1, 0.15) is 11.9 Å². The third-order valence-corrected chi connectivity index (χ3v) is 6.86. The van der Waals surface area contributed by atoms with Crippen molar-refractivity contribution < 1.29 is 9.53 Å². The third kappa shape index (κ3) is 5.01. The lowest BCUT2D eigenvalue weighted by atomic mass is 10.0. The Labute approximate surface area is 194 Å². The van der Waals surface area contributed by atoms with Crippen LogP contribution < -0.4 is 10.1 Å². The van der Waals surface area contributed by atoms with Crippen LogP contribution >= 0.6 is 23.2 Å². The maximum absolute atomic E-state index is 11.5. The molecule has 2 aliphatic rings. The molecule has 7 heteroatoms. The monoisotopic (exact) mass is 461 g/mol. The fourth-order valence-electron chi connectivity index (χ4n) is 4.78. The summed E-state index contributed by atoms with van der Waals surface area (Å²) in [4.78, 5) is 16.3. The number of nitrogens with zero attached hydrogens (tertiary/aromatic N) is 2. The van der Waals surface area contributed by atoms with Crippen molar-refractivity contribution in [1.82, 2.24) is 9.80 Å². The van der Waals surface area contributed by atoms with Crippen LogP contribution in [0.4, 0.5) is 5.69 Å². The van der Waals surface area contributed by atoms with Gasteiger partial charge in [-0.05, 0) is 69.7 Å². The van der Waals surface area contributed by atoms with E-state index in [9.17, 15) is 4.79 Å². The standard InChI is InChI=1S/C24H29Cl2N3O2/c1-15(30)27-17-6-4-8-19(12-17)31-24-21-10-16(25)11-22(26)20(21)13-23(24)29-9-5-7-18(14-29)28(2)3/h4,6,8,10-12,18,23-24H,5,7,9,13-14H2,1-3H3,(H,27,30)/t18-,23-,24+/m1/s1. The first kappa shape index (κ1) is 22.4. The van der Waals surface area contributed by atoms with Gasteiger partial charge in [-0.2, -0.15) is 0 Å². The molecular formula is C24H29Cl2N3O2. The Balaban J connectivity index is 1.65. The number of nitrogens with one attached hydrogen (secondary N) is 1. The van der Waals surface area contributed by atoms with Crippen LogP contribution in [0.1, 0.15) is 37.0 Å². The molecule has 1 N–H and O–H groups in total. The van der Waals surface area contributed by atoms with Crippen molar-refractivity contribution >= 4 is 34.8 Å². The number of carbonyl (C=O) groups is 1. The average Bonchev–Trinajstić information content (AvgIpc) is 3.06. The first-order valence-corrected chi connectivity index (χ1v) is 11.5. The second kappa shape index (κ2) is 9.37. The lowest BCUT2D eigenvalue weighted by molar-refractivity contribution is -0.114. The lowest BCUT2D eigenvalue weighted by Crippen LogP contribution is -2.51. The molecule has 1 saturated heterocycles. The zero-order valence-corrected chi connectivity index (χ0v) is 19.7. The number of fused-ring (bicyclic) bond motifs is 1. The molecule has 3 atom stereocenters. The highest BCUT2D eigenvalue weighted by Gasteiger charge is 2.41. The topological polar surface area (TPSA) is 44.8 Å². The summed E-state index contributed by atoms with van der Waals surface area (Å²) in [5, 5.41) is 4.14. The van der Waals surface area contributed by atoms with Gasteiger partial charge in [-0.15, -0.1) is 0 Å². The van der Waals surface area contributed by atoms with Crippen LogP contribution in [0.15, 0.2) is 36.4 Å². The molecule has 2 aromatic carbocycles. The zero-order valence-electron chi connectivity index (χ0n) is 18.2. The molecule has 0 radical (unpaired) electrons. The molecule has 5 nitrogen and oxygen atoms in total. The number of hydrogen-bond acceptors (Lipinski definition) is 4. The molecule has 4 rings (SSSR count). The summed E-state index contributed by atoms with van der Waals surface area (Å²) in [6, 6.07) is 12.0. The van der Waals surface area contributed by atoms with E-state index in [2.05, 4.69) is 29.2 Å². The van der Waals surface area contributed by atoms with E-state index in [0.29, 0.717) is 21.8 Å². The molecule has 2 aromatic rings. The van der Waals surface area contributed by atoms with Gasteiger partial charge in [0.2, 0.25) is 5.91 Å². The van der Waals surface area contributed by atoms with Crippen molar-refractivity contribution in [2.24, 2.45) is 0 Å². The SMILES string of the molecule is CC(=O)Nc1cccc(O[C@H]2c3cc(Cl)cc(Cl)c3C[C@H]2N2CCC[C@@H](N(C)C)C2)c1. The number of rotatable bonds is 5. The van der Waals surface area contributed by atoms with Crippen molar-refractivity contribution in [2.75, 3.05) is 32.5 Å². The van der Waals surface area contributed by atoms with Gasteiger partial charge in [-0.1, -0.05) is 29.3 Å². The molecule has 1 aliphatic carbocycles. The maximum Gasteiger partial charge on any atom is 0.221 e. The first-order valence-electron chi connectivity index (χ1n) is 10.7. The van der Waals surface area contributed by atoms with E-state index in [4.69, 9.17) is 27.9 Å². The molecule has 0 spiro atoms. The van der Waals surface area contributed by atoms with Crippen molar-refractivity contribution in [3.63, 3.8) is 0 Å². The van der Waals surface area contributed by atoms with Gasteiger partial charge < -0.3 is 15.0 Å². The first-order chi connectivity index (χ1) is 14.8. The Morgan fingerprint density at radius 3 is 2.77 bits per heavy atom. The molecule has 1 aliphatic heterocycles. The van der Waals surface area contributed by atoms with Crippen LogP contribution in [0.5, 0.6) is 5.75 Å². The second-order valence-electron chi connectivity index (χ2n) is 8.73. The summed E-state index contributed by atoms with van der Waals surface area (Å²) in [6.07, 6.45) is 3.02. The smallest absolute Gasteiger partial charge is 0.221 e. The van der Waals surface area contributed by atoms with Crippen molar-refractivity contribution in [2.45, 2.75) is 44.4 Å². The van der Waals surface area contributed by atoms with Crippen molar-refractivity contribution in [3.05, 3.63) is 57.6 Å². The van der Waals surface area contributed by atoms with Crippen LogP contribution in [0.2, 0.25) is 10.0 Å². The number of ether oxygens (including phenoxy) is 1. The van der Waals surface area contributed by atoms with Crippen LogP contribution in [-0.4, -0.2) is 55.0 Å². The van der Waals surface area contributed by atoms with E-state index in [0.717, 1.165) is 42.7 Å². The van der Waals surface area contributed by atoms with Gasteiger partial charge in [0.05, 0.1) is 6.04 Å². The van der Waals surface area contributed by atoms with Gasteiger partial charge in [0, 0.05) is 46.9 Å². The highest BCUT2D eigenvalue weighted by Crippen LogP contribution is 2.43. The minimum Gasteiger partial charge on any atom is -0.484 e. The predicted octanol–water partition coefficient (Wildman–Crippen LogP) is 5.02. The summed E-state index contributed by atoms with van der Waals surface area (Å²) in [5.74, 6) is 0.606. The molecule has 1 amide bonds. The van der Waals surface area contributed by atoms with E-state index in [1.807, 2.05) is 36.4 Å². The number of piperidine rings is 1. The Bertz CT molecular complexity index is 966.